The number of thioether (sulfide) groups is 1. The number of pyridine rings is 1. The summed E-state index contributed by atoms with van der Waals surface area (Å²) in [5, 5.41) is 14.8. The Morgan fingerprint density at radius 3 is 3.08 bits per heavy atom. The molecule has 0 amide bonds. The first-order valence-electron chi connectivity index (χ1n) is 3.33. The van der Waals surface area contributed by atoms with Crippen molar-refractivity contribution in [2.75, 3.05) is 0 Å². The molecule has 0 aliphatic heterocycles. The van der Waals surface area contributed by atoms with Gasteiger partial charge in [-0.1, -0.05) is 0 Å². The van der Waals surface area contributed by atoms with Crippen LogP contribution in [-0.2, 0) is 5.75 Å². The van der Waals surface area contributed by atoms with Gasteiger partial charge in [0.2, 0.25) is 0 Å². The average molecular weight is 184 g/mol. The quantitative estimate of drug-likeness (QED) is 0.410. The molecule has 64 valence electrons. The van der Waals surface area contributed by atoms with E-state index in [-0.39, 0.29) is 10.9 Å². The fraction of sp³-hybridized carbons (Fsp3) is 0.143. The summed E-state index contributed by atoms with van der Waals surface area (Å²) < 4.78 is 0. The van der Waals surface area contributed by atoms with E-state index in [9.17, 15) is 5.11 Å². The first-order valence-corrected chi connectivity index (χ1v) is 4.32. The standard InChI is InChI=1S/C7H9N3OS/c8-7(9)12-4-5-6(11)2-1-3-10-5/h1-3,11H,4H2,(H3,8,9)/p+1. The molecule has 1 rings (SSSR count). The molecule has 0 aliphatic carbocycles. The van der Waals surface area contributed by atoms with Crippen molar-refractivity contribution >= 4 is 16.9 Å². The highest BCUT2D eigenvalue weighted by molar-refractivity contribution is 8.12. The van der Waals surface area contributed by atoms with Gasteiger partial charge in [0.25, 0.3) is 5.17 Å². The van der Waals surface area contributed by atoms with Crippen molar-refractivity contribution in [2.45, 2.75) is 5.75 Å². The molecule has 4 nitrogen and oxygen atoms in total. The van der Waals surface area contributed by atoms with Crippen LogP contribution in [0.3, 0.4) is 0 Å². The molecule has 0 saturated heterocycles. The zero-order valence-electron chi connectivity index (χ0n) is 6.40. The number of hydrogen-bond acceptors (Lipinski definition) is 3. The van der Waals surface area contributed by atoms with E-state index >= 15 is 0 Å². The van der Waals surface area contributed by atoms with Gasteiger partial charge in [-0.15, -0.1) is 0 Å². The molecule has 12 heavy (non-hydrogen) atoms. The Hall–Kier alpha value is -1.23. The van der Waals surface area contributed by atoms with E-state index in [4.69, 9.17) is 11.1 Å². The third-order valence-corrected chi connectivity index (χ3v) is 1.99. The lowest BCUT2D eigenvalue weighted by molar-refractivity contribution is -0.110. The molecule has 1 aromatic rings. The van der Waals surface area contributed by atoms with Crippen molar-refractivity contribution in [3.05, 3.63) is 24.0 Å². The predicted octanol–water partition coefficient (Wildman–Crippen LogP) is -0.906. The Morgan fingerprint density at radius 2 is 2.50 bits per heavy atom. The average Bonchev–Trinajstić information content (AvgIpc) is 2.03. The lowest BCUT2D eigenvalue weighted by Gasteiger charge is -1.98. The minimum absolute atomic E-state index is 0.172. The highest BCUT2D eigenvalue weighted by Gasteiger charge is 2.03. The molecule has 0 fully saturated rings. The Morgan fingerprint density at radius 1 is 1.75 bits per heavy atom. The highest BCUT2D eigenvalue weighted by Crippen LogP contribution is 2.17. The molecule has 0 aromatic carbocycles. The topological polar surface area (TPSA) is 84.7 Å². The summed E-state index contributed by atoms with van der Waals surface area (Å²) in [4.78, 5) is 3.95. The van der Waals surface area contributed by atoms with Crippen LogP contribution in [0.2, 0.25) is 0 Å². The van der Waals surface area contributed by atoms with Crippen LogP contribution in [0.25, 0.3) is 0 Å². The van der Waals surface area contributed by atoms with Gasteiger partial charge in [0.15, 0.2) is 0 Å². The fourth-order valence-corrected chi connectivity index (χ4v) is 1.22. The Balaban J connectivity index is 2.63. The SMILES string of the molecule is NC(=[NH2+])SCc1ncccc1O. The van der Waals surface area contributed by atoms with Gasteiger partial charge in [-0.05, 0) is 23.9 Å². The number of nitrogens with two attached hydrogens (primary N) is 2. The van der Waals surface area contributed by atoms with Crippen molar-refractivity contribution in [3.63, 3.8) is 0 Å². The third-order valence-electron chi connectivity index (χ3n) is 1.24. The van der Waals surface area contributed by atoms with Crippen LogP contribution in [0.4, 0.5) is 0 Å². The minimum Gasteiger partial charge on any atom is -0.506 e. The molecule has 0 atom stereocenters. The van der Waals surface area contributed by atoms with Crippen LogP contribution in [-0.4, -0.2) is 15.3 Å². The van der Waals surface area contributed by atoms with Crippen LogP contribution < -0.4 is 11.1 Å². The van der Waals surface area contributed by atoms with Gasteiger partial charge in [-0.25, -0.2) is 0 Å². The maximum absolute atomic E-state index is 9.26. The lowest BCUT2D eigenvalue weighted by Crippen LogP contribution is -2.43. The van der Waals surface area contributed by atoms with Crippen molar-refractivity contribution in [1.82, 2.24) is 4.98 Å². The van der Waals surface area contributed by atoms with Crippen molar-refractivity contribution in [3.8, 4) is 5.75 Å². The summed E-state index contributed by atoms with van der Waals surface area (Å²) in [6.07, 6.45) is 1.61. The molecule has 0 aliphatic rings. The second-order valence-electron chi connectivity index (χ2n) is 2.16. The highest BCUT2D eigenvalue weighted by atomic mass is 32.2. The Labute approximate surface area is 74.3 Å². The van der Waals surface area contributed by atoms with E-state index in [1.54, 1.807) is 18.3 Å². The van der Waals surface area contributed by atoms with E-state index in [1.165, 1.54) is 11.8 Å². The number of aromatic nitrogens is 1. The van der Waals surface area contributed by atoms with Gasteiger partial charge in [-0.2, -0.15) is 0 Å². The number of hydrogen-bond donors (Lipinski definition) is 3. The van der Waals surface area contributed by atoms with Gasteiger partial charge in [0.05, 0.1) is 11.4 Å². The zero-order valence-corrected chi connectivity index (χ0v) is 7.21. The summed E-state index contributed by atoms with van der Waals surface area (Å²) in [5.41, 5.74) is 5.83. The molecule has 0 bridgehead atoms. The van der Waals surface area contributed by atoms with Gasteiger partial charge >= 0.3 is 0 Å². The number of aromatic hydroxyl groups is 1. The fourth-order valence-electron chi connectivity index (χ4n) is 0.692. The zero-order chi connectivity index (χ0) is 8.97. The molecule has 0 radical (unpaired) electrons. The van der Waals surface area contributed by atoms with Crippen LogP contribution in [0.1, 0.15) is 5.69 Å². The smallest absolute Gasteiger partial charge is 0.300 e. The lowest BCUT2D eigenvalue weighted by atomic mass is 10.3. The van der Waals surface area contributed by atoms with E-state index in [0.29, 0.717) is 11.4 Å². The Bertz CT molecular complexity index is 290. The van der Waals surface area contributed by atoms with Crippen molar-refractivity contribution in [1.29, 1.82) is 0 Å². The first-order chi connectivity index (χ1) is 5.70. The molecule has 0 saturated carbocycles. The largest absolute Gasteiger partial charge is 0.506 e. The second kappa shape index (κ2) is 3.96. The van der Waals surface area contributed by atoms with Crippen LogP contribution in [0.15, 0.2) is 18.3 Å². The number of nitrogens with zero attached hydrogens (tertiary/aromatic N) is 1. The number of rotatable bonds is 2. The monoisotopic (exact) mass is 184 g/mol. The number of amidine groups is 1. The van der Waals surface area contributed by atoms with Crippen molar-refractivity contribution < 1.29 is 10.5 Å². The predicted molar refractivity (Wildman–Crippen MR) is 48.3 cm³/mol. The molecule has 5 heteroatoms. The van der Waals surface area contributed by atoms with E-state index in [0.717, 1.165) is 0 Å². The Kier molecular flexibility index (Phi) is 2.93. The van der Waals surface area contributed by atoms with Crippen molar-refractivity contribution in [2.24, 2.45) is 5.73 Å². The summed E-state index contributed by atoms with van der Waals surface area (Å²) in [6, 6.07) is 3.24. The van der Waals surface area contributed by atoms with Crippen LogP contribution >= 0.6 is 11.8 Å². The minimum atomic E-state index is 0.172. The summed E-state index contributed by atoms with van der Waals surface area (Å²) >= 11 is 1.25. The molecular weight excluding hydrogens is 174 g/mol. The van der Waals surface area contributed by atoms with E-state index in [2.05, 4.69) is 4.98 Å². The molecule has 0 spiro atoms. The molecule has 0 unspecified atom stereocenters. The maximum atomic E-state index is 9.26. The van der Waals surface area contributed by atoms with Crippen LogP contribution in [0.5, 0.6) is 5.75 Å². The first kappa shape index (κ1) is 8.86. The summed E-state index contributed by atoms with van der Waals surface area (Å²) in [5.74, 6) is 0.668. The van der Waals surface area contributed by atoms with Gasteiger partial charge in [0, 0.05) is 6.20 Å². The normalized spacial score (nSPS) is 9.67. The molecule has 5 N–H and O–H groups in total. The molecule has 1 aromatic heterocycles. The maximum Gasteiger partial charge on any atom is 0.300 e. The van der Waals surface area contributed by atoms with Gasteiger partial charge in [0.1, 0.15) is 5.75 Å². The second-order valence-corrected chi connectivity index (χ2v) is 3.21. The van der Waals surface area contributed by atoms with E-state index < -0.39 is 0 Å². The molecular formula is C7H10N3OS+. The summed E-state index contributed by atoms with van der Waals surface area (Å²) in [7, 11) is 0. The molecule has 1 heterocycles. The van der Waals surface area contributed by atoms with Crippen LogP contribution in [0, 0.1) is 0 Å². The third kappa shape index (κ3) is 2.43. The van der Waals surface area contributed by atoms with Gasteiger partial charge in [-0.3, -0.25) is 16.1 Å². The van der Waals surface area contributed by atoms with E-state index in [1.807, 2.05) is 0 Å². The van der Waals surface area contributed by atoms with Gasteiger partial charge < -0.3 is 5.11 Å². The summed E-state index contributed by atoms with van der Waals surface area (Å²) in [6.45, 7) is 0.